The van der Waals surface area contributed by atoms with Crippen LogP contribution in [0.1, 0.15) is 43.9 Å². The van der Waals surface area contributed by atoms with Gasteiger partial charge in [0.2, 0.25) is 0 Å². The fourth-order valence-corrected chi connectivity index (χ4v) is 4.52. The summed E-state index contributed by atoms with van der Waals surface area (Å²) in [7, 11) is 0. The van der Waals surface area contributed by atoms with E-state index in [1.807, 2.05) is 31.2 Å². The average Bonchev–Trinajstić information content (AvgIpc) is 2.82. The summed E-state index contributed by atoms with van der Waals surface area (Å²) in [4.78, 5) is 42.4. The molecule has 0 spiro atoms. The zero-order valence-corrected chi connectivity index (χ0v) is 20.3. The Kier molecular flexibility index (Phi) is 8.87. The molecule has 2 heterocycles. The molecule has 1 fully saturated rings. The Morgan fingerprint density at radius 3 is 2.53 bits per heavy atom. The van der Waals surface area contributed by atoms with Gasteiger partial charge in [-0.1, -0.05) is 35.9 Å². The van der Waals surface area contributed by atoms with Crippen LogP contribution in [0.3, 0.4) is 0 Å². The Labute approximate surface area is 201 Å². The minimum absolute atomic E-state index is 0.200. The Bertz CT molecular complexity index is 940. The van der Waals surface area contributed by atoms with Crippen molar-refractivity contribution >= 4 is 18.0 Å². The van der Waals surface area contributed by atoms with E-state index < -0.39 is 12.0 Å². The lowest BCUT2D eigenvalue weighted by molar-refractivity contribution is -0.150. The third-order valence-corrected chi connectivity index (χ3v) is 6.15. The third-order valence-electron chi connectivity index (χ3n) is 6.15. The molecule has 8 nitrogen and oxygen atoms in total. The van der Waals surface area contributed by atoms with Crippen molar-refractivity contribution in [3.63, 3.8) is 0 Å². The maximum absolute atomic E-state index is 13.2. The fraction of sp³-hybridized carbons (Fsp3) is 0.500. The van der Waals surface area contributed by atoms with Gasteiger partial charge in [-0.3, -0.25) is 14.6 Å². The van der Waals surface area contributed by atoms with Crippen LogP contribution < -0.4 is 5.32 Å². The van der Waals surface area contributed by atoms with Gasteiger partial charge in [0, 0.05) is 25.3 Å². The van der Waals surface area contributed by atoms with E-state index in [0.717, 1.165) is 30.5 Å². The Hall–Kier alpha value is -3.13. The highest BCUT2D eigenvalue weighted by molar-refractivity contribution is 5.95. The van der Waals surface area contributed by atoms with Gasteiger partial charge in [-0.05, 0) is 45.7 Å². The molecule has 1 aromatic carbocycles. The average molecular weight is 470 g/mol. The van der Waals surface area contributed by atoms with Gasteiger partial charge in [0.15, 0.2) is 0 Å². The topological polar surface area (TPSA) is 88.2 Å². The summed E-state index contributed by atoms with van der Waals surface area (Å²) in [5.74, 6) is -0.886. The van der Waals surface area contributed by atoms with E-state index in [1.54, 1.807) is 19.9 Å². The van der Waals surface area contributed by atoms with Crippen LogP contribution in [0.5, 0.6) is 0 Å². The van der Waals surface area contributed by atoms with Crippen molar-refractivity contribution in [2.45, 2.75) is 39.7 Å². The van der Waals surface area contributed by atoms with E-state index in [-0.39, 0.29) is 31.1 Å². The molecule has 0 saturated carbocycles. The number of piperidine rings is 1. The van der Waals surface area contributed by atoms with Crippen molar-refractivity contribution in [3.8, 4) is 0 Å². The number of hydrogen-bond donors (Lipinski definition) is 1. The summed E-state index contributed by atoms with van der Waals surface area (Å²) in [6.45, 7) is 11.8. The van der Waals surface area contributed by atoms with E-state index in [9.17, 15) is 14.4 Å². The lowest BCUT2D eigenvalue weighted by atomic mass is 9.92. The zero-order valence-electron chi connectivity index (χ0n) is 20.3. The van der Waals surface area contributed by atoms with Crippen LogP contribution in [-0.2, 0) is 19.1 Å². The number of carbonyl (C=O) groups excluding carboxylic acids is 3. The van der Waals surface area contributed by atoms with Gasteiger partial charge in [-0.2, -0.15) is 0 Å². The molecule has 2 aliphatic rings. The van der Waals surface area contributed by atoms with Crippen LogP contribution in [0.4, 0.5) is 4.79 Å². The van der Waals surface area contributed by atoms with E-state index >= 15 is 0 Å². The second kappa shape index (κ2) is 11.8. The number of esters is 2. The Balaban J connectivity index is 2.02. The number of carbonyl (C=O) groups is 3. The summed E-state index contributed by atoms with van der Waals surface area (Å²) in [6, 6.07) is 6.81. The number of likely N-dealkylation sites (tertiary alicyclic amines) is 1. The van der Waals surface area contributed by atoms with Crippen LogP contribution in [0.15, 0.2) is 48.2 Å². The van der Waals surface area contributed by atoms with Crippen LogP contribution in [0.2, 0.25) is 0 Å². The van der Waals surface area contributed by atoms with Gasteiger partial charge in [0.1, 0.15) is 0 Å². The molecule has 2 unspecified atom stereocenters. The number of rotatable bonds is 9. The summed E-state index contributed by atoms with van der Waals surface area (Å²) in [5.41, 5.74) is 2.88. The molecule has 0 radical (unpaired) electrons. The minimum Gasteiger partial charge on any atom is -0.466 e. The predicted molar refractivity (Wildman–Crippen MR) is 129 cm³/mol. The van der Waals surface area contributed by atoms with Crippen molar-refractivity contribution < 1.29 is 23.9 Å². The molecule has 8 heteroatoms. The quantitative estimate of drug-likeness (QED) is 0.441. The van der Waals surface area contributed by atoms with Gasteiger partial charge >= 0.3 is 18.0 Å². The molecule has 2 aliphatic heterocycles. The van der Waals surface area contributed by atoms with Gasteiger partial charge in [0.25, 0.3) is 0 Å². The highest BCUT2D eigenvalue weighted by atomic mass is 16.5. The van der Waals surface area contributed by atoms with Crippen molar-refractivity contribution in [1.29, 1.82) is 0 Å². The molecule has 1 saturated heterocycles. The number of ether oxygens (including phenoxy) is 2. The van der Waals surface area contributed by atoms with E-state index in [0.29, 0.717) is 31.0 Å². The number of nitrogens with zero attached hydrogens (tertiary/aromatic N) is 2. The highest BCUT2D eigenvalue weighted by Crippen LogP contribution is 2.33. The molecular weight excluding hydrogens is 434 g/mol. The smallest absolute Gasteiger partial charge is 0.338 e. The van der Waals surface area contributed by atoms with Gasteiger partial charge in [-0.25, -0.2) is 9.59 Å². The molecule has 184 valence electrons. The summed E-state index contributed by atoms with van der Waals surface area (Å²) in [6.07, 6.45) is 3.23. The summed E-state index contributed by atoms with van der Waals surface area (Å²) in [5, 5.41) is 2.98. The number of nitrogens with one attached hydrogen (secondary N) is 1. The molecule has 0 aromatic heterocycles. The number of aryl methyl sites for hydroxylation is 1. The molecular formula is C26H35N3O5. The number of urea groups is 1. The lowest BCUT2D eigenvalue weighted by Crippen LogP contribution is -2.52. The first-order valence-corrected chi connectivity index (χ1v) is 11.9. The lowest BCUT2D eigenvalue weighted by Gasteiger charge is -2.39. The van der Waals surface area contributed by atoms with Gasteiger partial charge in [0.05, 0.1) is 30.7 Å². The molecule has 1 aromatic rings. The van der Waals surface area contributed by atoms with E-state index in [2.05, 4.69) is 16.8 Å². The standard InChI is InChI=1S/C26H35N3O5/c1-5-14-29-21(17-28-15-8-9-20(16-28)24(30)33-6-2)22(25(31)34-7-3)23(27-26(29)32)19-12-10-18(4)11-13-19/h5,10-13,20,23H,1,6-9,14-17H2,2-4H3,(H,27,32). The number of hydrogen-bond acceptors (Lipinski definition) is 6. The van der Waals surface area contributed by atoms with Crippen molar-refractivity contribution in [2.24, 2.45) is 5.92 Å². The molecule has 34 heavy (non-hydrogen) atoms. The van der Waals surface area contributed by atoms with Gasteiger partial charge in [-0.15, -0.1) is 6.58 Å². The third kappa shape index (κ3) is 5.86. The van der Waals surface area contributed by atoms with Crippen LogP contribution >= 0.6 is 0 Å². The molecule has 1 N–H and O–H groups in total. The second-order valence-corrected chi connectivity index (χ2v) is 8.60. The first kappa shape index (κ1) is 25.5. The first-order valence-electron chi connectivity index (χ1n) is 11.9. The van der Waals surface area contributed by atoms with Gasteiger partial charge < -0.3 is 14.8 Å². The number of benzene rings is 1. The Morgan fingerprint density at radius 2 is 1.88 bits per heavy atom. The monoisotopic (exact) mass is 469 g/mol. The second-order valence-electron chi connectivity index (χ2n) is 8.60. The van der Waals surface area contributed by atoms with Crippen molar-refractivity contribution in [1.82, 2.24) is 15.1 Å². The molecule has 0 aliphatic carbocycles. The van der Waals surface area contributed by atoms with Crippen LogP contribution in [0.25, 0.3) is 0 Å². The largest absolute Gasteiger partial charge is 0.466 e. The maximum atomic E-state index is 13.2. The maximum Gasteiger partial charge on any atom is 0.338 e. The molecule has 2 atom stereocenters. The zero-order chi connectivity index (χ0) is 24.7. The minimum atomic E-state index is -0.631. The SMILES string of the molecule is C=CCN1C(=O)NC(c2ccc(C)cc2)C(C(=O)OCC)=C1CN1CCCC(C(=O)OCC)C1. The summed E-state index contributed by atoms with van der Waals surface area (Å²) >= 11 is 0. The Morgan fingerprint density at radius 1 is 1.18 bits per heavy atom. The molecule has 0 bridgehead atoms. The first-order chi connectivity index (χ1) is 16.4. The molecule has 2 amide bonds. The van der Waals surface area contributed by atoms with Crippen LogP contribution in [-0.4, -0.2) is 67.2 Å². The van der Waals surface area contributed by atoms with E-state index in [4.69, 9.17) is 9.47 Å². The normalized spacial score (nSPS) is 21.1. The fourth-order valence-electron chi connectivity index (χ4n) is 4.52. The molecule has 3 rings (SSSR count). The van der Waals surface area contributed by atoms with Crippen molar-refractivity contribution in [3.05, 3.63) is 59.3 Å². The van der Waals surface area contributed by atoms with E-state index in [1.165, 1.54) is 4.90 Å². The highest BCUT2D eigenvalue weighted by Gasteiger charge is 2.39. The van der Waals surface area contributed by atoms with Crippen LogP contribution in [0, 0.1) is 12.8 Å². The summed E-state index contributed by atoms with van der Waals surface area (Å²) < 4.78 is 10.7. The predicted octanol–water partition coefficient (Wildman–Crippen LogP) is 3.34. The van der Waals surface area contributed by atoms with Crippen molar-refractivity contribution in [2.75, 3.05) is 39.4 Å². The number of amides is 2.